The first kappa shape index (κ1) is 17.3. The lowest BCUT2D eigenvalue weighted by molar-refractivity contribution is 0.0787. The van der Waals surface area contributed by atoms with Crippen LogP contribution < -0.4 is 10.1 Å². The van der Waals surface area contributed by atoms with Crippen molar-refractivity contribution < 1.29 is 23.4 Å². The van der Waals surface area contributed by atoms with E-state index in [-0.39, 0.29) is 24.0 Å². The molecule has 1 amide bonds. The van der Waals surface area contributed by atoms with E-state index < -0.39 is 25.0 Å². The van der Waals surface area contributed by atoms with Crippen LogP contribution in [0.4, 0.5) is 8.78 Å². The van der Waals surface area contributed by atoms with E-state index in [0.29, 0.717) is 0 Å². The minimum absolute atomic E-state index is 0.0366. The Bertz CT molecular complexity index is 458. The summed E-state index contributed by atoms with van der Waals surface area (Å²) < 4.78 is 28.8. The molecular formula is C14H20F2N2O3. The van der Waals surface area contributed by atoms with Crippen molar-refractivity contribution in [2.24, 2.45) is 5.92 Å². The Kier molecular flexibility index (Phi) is 7.01. The van der Waals surface area contributed by atoms with Crippen LogP contribution in [0.2, 0.25) is 0 Å². The Balaban J connectivity index is 2.56. The summed E-state index contributed by atoms with van der Waals surface area (Å²) in [6.45, 7) is 3.16. The van der Waals surface area contributed by atoms with Gasteiger partial charge in [0.2, 0.25) is 5.88 Å². The molecule has 7 heteroatoms. The molecule has 0 radical (unpaired) electrons. The van der Waals surface area contributed by atoms with Crippen LogP contribution in [0.3, 0.4) is 0 Å². The lowest BCUT2D eigenvalue weighted by Crippen LogP contribution is -2.35. The van der Waals surface area contributed by atoms with Crippen molar-refractivity contribution in [2.75, 3.05) is 13.2 Å². The van der Waals surface area contributed by atoms with Crippen molar-refractivity contribution in [3.63, 3.8) is 0 Å². The van der Waals surface area contributed by atoms with Crippen molar-refractivity contribution in [3.05, 3.63) is 23.9 Å². The standard InChI is InChI=1S/C14H20F2N2O3/c1-3-9(2)11(19)7-17-14(20)10-5-4-6-13(18-10)21-8-12(15)16/h4-6,9,11-12,19H,3,7-8H2,1-2H3,(H,17,20). The monoisotopic (exact) mass is 302 g/mol. The highest BCUT2D eigenvalue weighted by Gasteiger charge is 2.15. The molecule has 0 aliphatic carbocycles. The third-order valence-corrected chi connectivity index (χ3v) is 3.09. The molecule has 2 N–H and O–H groups in total. The normalized spacial score (nSPS) is 13.8. The number of alkyl halides is 2. The van der Waals surface area contributed by atoms with Gasteiger partial charge in [-0.25, -0.2) is 13.8 Å². The molecule has 1 aromatic rings. The number of aliphatic hydroxyl groups is 1. The first-order chi connectivity index (χ1) is 9.93. The summed E-state index contributed by atoms with van der Waals surface area (Å²) in [5.74, 6) is -0.454. The molecule has 21 heavy (non-hydrogen) atoms. The van der Waals surface area contributed by atoms with E-state index in [2.05, 4.69) is 10.3 Å². The molecule has 2 atom stereocenters. The summed E-state index contributed by atoms with van der Waals surface area (Å²) in [5, 5.41) is 12.3. The molecule has 0 aliphatic rings. The second kappa shape index (κ2) is 8.51. The fourth-order valence-electron chi connectivity index (χ4n) is 1.53. The van der Waals surface area contributed by atoms with Gasteiger partial charge in [0.15, 0.2) is 6.61 Å². The number of rotatable bonds is 8. The van der Waals surface area contributed by atoms with Crippen LogP contribution in [-0.2, 0) is 0 Å². The summed E-state index contributed by atoms with van der Waals surface area (Å²) in [7, 11) is 0. The maximum Gasteiger partial charge on any atom is 0.272 e. The number of hydrogen-bond acceptors (Lipinski definition) is 4. The lowest BCUT2D eigenvalue weighted by atomic mass is 10.0. The molecule has 0 saturated carbocycles. The van der Waals surface area contributed by atoms with Gasteiger partial charge >= 0.3 is 0 Å². The fourth-order valence-corrected chi connectivity index (χ4v) is 1.53. The average Bonchev–Trinajstić information content (AvgIpc) is 2.49. The van der Waals surface area contributed by atoms with E-state index in [9.17, 15) is 18.7 Å². The van der Waals surface area contributed by atoms with E-state index in [0.717, 1.165) is 6.42 Å². The van der Waals surface area contributed by atoms with Crippen LogP contribution in [-0.4, -0.2) is 41.7 Å². The van der Waals surface area contributed by atoms with Crippen molar-refractivity contribution in [3.8, 4) is 5.88 Å². The summed E-state index contributed by atoms with van der Waals surface area (Å²) in [6.07, 6.45) is -2.45. The van der Waals surface area contributed by atoms with Gasteiger partial charge in [-0.15, -0.1) is 0 Å². The Hall–Kier alpha value is -1.76. The van der Waals surface area contributed by atoms with E-state index in [1.165, 1.54) is 18.2 Å². The Morgan fingerprint density at radius 3 is 2.81 bits per heavy atom. The minimum Gasteiger partial charge on any atom is -0.472 e. The number of halogens is 2. The number of hydrogen-bond donors (Lipinski definition) is 2. The van der Waals surface area contributed by atoms with Gasteiger partial charge in [0.1, 0.15) is 5.69 Å². The molecular weight excluding hydrogens is 282 g/mol. The lowest BCUT2D eigenvalue weighted by Gasteiger charge is -2.17. The predicted octanol–water partition coefficient (Wildman–Crippen LogP) is 1.86. The van der Waals surface area contributed by atoms with Crippen LogP contribution in [0.15, 0.2) is 18.2 Å². The number of carbonyl (C=O) groups excluding carboxylic acids is 1. The van der Waals surface area contributed by atoms with Crippen molar-refractivity contribution >= 4 is 5.91 Å². The number of nitrogens with one attached hydrogen (secondary N) is 1. The number of aliphatic hydroxyl groups excluding tert-OH is 1. The number of carbonyl (C=O) groups is 1. The maximum absolute atomic E-state index is 12.0. The topological polar surface area (TPSA) is 71.5 Å². The first-order valence-electron chi connectivity index (χ1n) is 6.78. The zero-order chi connectivity index (χ0) is 15.8. The highest BCUT2D eigenvalue weighted by molar-refractivity contribution is 5.92. The molecule has 0 spiro atoms. The van der Waals surface area contributed by atoms with Crippen LogP contribution in [0.25, 0.3) is 0 Å². The number of nitrogens with zero attached hydrogens (tertiary/aromatic N) is 1. The second-order valence-electron chi connectivity index (χ2n) is 4.73. The van der Waals surface area contributed by atoms with E-state index in [1.54, 1.807) is 0 Å². The Morgan fingerprint density at radius 1 is 1.48 bits per heavy atom. The minimum atomic E-state index is -2.60. The highest BCUT2D eigenvalue weighted by Crippen LogP contribution is 2.10. The number of pyridine rings is 1. The Morgan fingerprint density at radius 2 is 2.19 bits per heavy atom. The summed E-state index contributed by atoms with van der Waals surface area (Å²) in [5.41, 5.74) is 0.0538. The molecule has 1 rings (SSSR count). The Labute approximate surface area is 122 Å². The maximum atomic E-state index is 12.0. The van der Waals surface area contributed by atoms with Gasteiger partial charge in [-0.05, 0) is 12.0 Å². The predicted molar refractivity (Wildman–Crippen MR) is 73.5 cm³/mol. The molecule has 0 fully saturated rings. The van der Waals surface area contributed by atoms with E-state index in [1.807, 2.05) is 13.8 Å². The molecule has 1 heterocycles. The first-order valence-corrected chi connectivity index (χ1v) is 6.78. The van der Waals surface area contributed by atoms with Gasteiger partial charge in [-0.3, -0.25) is 4.79 Å². The second-order valence-corrected chi connectivity index (χ2v) is 4.73. The highest BCUT2D eigenvalue weighted by atomic mass is 19.3. The molecule has 0 saturated heterocycles. The third-order valence-electron chi connectivity index (χ3n) is 3.09. The van der Waals surface area contributed by atoms with Gasteiger partial charge in [0.25, 0.3) is 12.3 Å². The molecule has 1 aromatic heterocycles. The van der Waals surface area contributed by atoms with Crippen LogP contribution >= 0.6 is 0 Å². The molecule has 5 nitrogen and oxygen atoms in total. The van der Waals surface area contributed by atoms with Gasteiger partial charge in [0.05, 0.1) is 6.10 Å². The zero-order valence-corrected chi connectivity index (χ0v) is 12.1. The fraction of sp³-hybridized carbons (Fsp3) is 0.571. The summed E-state index contributed by atoms with van der Waals surface area (Å²) in [6, 6.07) is 4.33. The third kappa shape index (κ3) is 6.03. The molecule has 0 aromatic carbocycles. The zero-order valence-electron chi connectivity index (χ0n) is 12.1. The number of amides is 1. The van der Waals surface area contributed by atoms with Crippen molar-refractivity contribution in [1.29, 1.82) is 0 Å². The molecule has 118 valence electrons. The van der Waals surface area contributed by atoms with Gasteiger partial charge in [-0.1, -0.05) is 26.3 Å². The smallest absolute Gasteiger partial charge is 0.272 e. The van der Waals surface area contributed by atoms with E-state index >= 15 is 0 Å². The van der Waals surface area contributed by atoms with Crippen molar-refractivity contribution in [2.45, 2.75) is 32.8 Å². The summed E-state index contributed by atoms with van der Waals surface area (Å²) in [4.78, 5) is 15.7. The average molecular weight is 302 g/mol. The molecule has 0 bridgehead atoms. The molecule has 2 unspecified atom stereocenters. The van der Waals surface area contributed by atoms with Gasteiger partial charge in [-0.2, -0.15) is 0 Å². The van der Waals surface area contributed by atoms with E-state index in [4.69, 9.17) is 4.74 Å². The van der Waals surface area contributed by atoms with Gasteiger partial charge in [0, 0.05) is 12.6 Å². The quantitative estimate of drug-likeness (QED) is 0.769. The van der Waals surface area contributed by atoms with Crippen LogP contribution in [0.1, 0.15) is 30.8 Å². The SMILES string of the molecule is CCC(C)C(O)CNC(=O)c1cccc(OCC(F)F)n1. The summed E-state index contributed by atoms with van der Waals surface area (Å²) >= 11 is 0. The number of ether oxygens (including phenoxy) is 1. The molecule has 0 aliphatic heterocycles. The largest absolute Gasteiger partial charge is 0.472 e. The van der Waals surface area contributed by atoms with Crippen LogP contribution in [0, 0.1) is 5.92 Å². The van der Waals surface area contributed by atoms with Gasteiger partial charge < -0.3 is 15.2 Å². The van der Waals surface area contributed by atoms with Crippen LogP contribution in [0.5, 0.6) is 5.88 Å². The number of aromatic nitrogens is 1. The van der Waals surface area contributed by atoms with Crippen molar-refractivity contribution in [1.82, 2.24) is 10.3 Å².